The van der Waals surface area contributed by atoms with E-state index in [1.165, 1.54) is 0 Å². The van der Waals surface area contributed by atoms with Crippen LogP contribution in [0.5, 0.6) is 0 Å². The molecule has 13 unspecified atom stereocenters. The highest BCUT2D eigenvalue weighted by atomic mass is 16.8. The Kier molecular flexibility index (Phi) is 5.56. The number of carbonyl (C=O) groups is 1. The van der Waals surface area contributed by atoms with E-state index in [0.717, 1.165) is 57.8 Å². The van der Waals surface area contributed by atoms with Gasteiger partial charge in [-0.3, -0.25) is 4.79 Å². The van der Waals surface area contributed by atoms with E-state index in [1.54, 1.807) is 0 Å². The van der Waals surface area contributed by atoms with Gasteiger partial charge in [0.15, 0.2) is 6.29 Å². The van der Waals surface area contributed by atoms with Crippen molar-refractivity contribution in [1.29, 1.82) is 0 Å². The van der Waals surface area contributed by atoms with Crippen molar-refractivity contribution in [1.82, 2.24) is 0 Å². The first kappa shape index (κ1) is 25.9. The summed E-state index contributed by atoms with van der Waals surface area (Å²) in [4.78, 5) is 12.1. The fourth-order valence-corrected chi connectivity index (χ4v) is 11.3. The zero-order valence-corrected chi connectivity index (χ0v) is 23.3. The van der Waals surface area contributed by atoms with Gasteiger partial charge in [-0.25, -0.2) is 0 Å². The van der Waals surface area contributed by atoms with Crippen LogP contribution < -0.4 is 0 Å². The highest BCUT2D eigenvalue weighted by molar-refractivity contribution is 5.73. The van der Waals surface area contributed by atoms with E-state index in [0.29, 0.717) is 26.1 Å². The third-order valence-corrected chi connectivity index (χ3v) is 13.1. The Morgan fingerprint density at radius 2 is 1.74 bits per heavy atom. The third-order valence-electron chi connectivity index (χ3n) is 13.1. The maximum atomic E-state index is 12.6. The van der Waals surface area contributed by atoms with Crippen LogP contribution in [0.3, 0.4) is 0 Å². The maximum Gasteiger partial charge on any atom is 0.308 e. The van der Waals surface area contributed by atoms with Crippen LogP contribution in [-0.2, 0) is 33.2 Å². The van der Waals surface area contributed by atoms with E-state index in [-0.39, 0.29) is 65.8 Å². The molecule has 2 N–H and O–H groups in total. The molecule has 0 amide bonds. The molecule has 8 rings (SSSR count). The van der Waals surface area contributed by atoms with Crippen molar-refractivity contribution in [3.8, 4) is 0 Å². The predicted octanol–water partition coefficient (Wildman–Crippen LogP) is 2.83. The quantitative estimate of drug-likeness (QED) is 0.397. The molecule has 218 valence electrons. The first-order chi connectivity index (χ1) is 18.6. The number of aliphatic hydroxyl groups is 2. The van der Waals surface area contributed by atoms with Crippen molar-refractivity contribution in [2.75, 3.05) is 20.0 Å². The van der Waals surface area contributed by atoms with Crippen LogP contribution in [0.15, 0.2) is 0 Å². The minimum atomic E-state index is -0.874. The zero-order chi connectivity index (χ0) is 26.8. The average Bonchev–Trinajstić information content (AvgIpc) is 3.64. The van der Waals surface area contributed by atoms with Gasteiger partial charge in [-0.2, -0.15) is 0 Å². The van der Waals surface area contributed by atoms with Crippen molar-refractivity contribution in [3.63, 3.8) is 0 Å². The van der Waals surface area contributed by atoms with Gasteiger partial charge in [0, 0.05) is 17.8 Å². The van der Waals surface area contributed by atoms with Crippen LogP contribution in [0.25, 0.3) is 0 Å². The van der Waals surface area contributed by atoms with Gasteiger partial charge in [0.2, 0.25) is 0 Å². The van der Waals surface area contributed by atoms with E-state index < -0.39 is 23.1 Å². The highest BCUT2D eigenvalue weighted by Gasteiger charge is 2.77. The van der Waals surface area contributed by atoms with Gasteiger partial charge in [-0.1, -0.05) is 6.92 Å². The van der Waals surface area contributed by atoms with Gasteiger partial charge in [-0.15, -0.1) is 0 Å². The molecule has 13 atom stereocenters. The smallest absolute Gasteiger partial charge is 0.308 e. The van der Waals surface area contributed by atoms with E-state index >= 15 is 0 Å². The summed E-state index contributed by atoms with van der Waals surface area (Å²) in [7, 11) is 0. The van der Waals surface area contributed by atoms with Crippen LogP contribution in [0.2, 0.25) is 0 Å². The molecule has 9 heteroatoms. The molecule has 0 radical (unpaired) electrons. The molecule has 4 aliphatic carbocycles. The topological polar surface area (TPSA) is 113 Å². The number of rotatable bonds is 2. The molecule has 39 heavy (non-hydrogen) atoms. The van der Waals surface area contributed by atoms with E-state index in [4.69, 9.17) is 28.4 Å². The second-order valence-corrected chi connectivity index (χ2v) is 14.6. The van der Waals surface area contributed by atoms with Gasteiger partial charge in [0.25, 0.3) is 0 Å². The fourth-order valence-electron chi connectivity index (χ4n) is 11.3. The molecular weight excluding hydrogens is 504 g/mol. The number of hydrogen-bond acceptors (Lipinski definition) is 9. The molecule has 8 fully saturated rings. The average molecular weight is 549 g/mol. The molecule has 0 aromatic heterocycles. The van der Waals surface area contributed by atoms with Crippen LogP contribution in [0.4, 0.5) is 0 Å². The summed E-state index contributed by atoms with van der Waals surface area (Å²) >= 11 is 0. The largest absolute Gasteiger partial charge is 0.462 e. The zero-order valence-electron chi connectivity index (χ0n) is 23.3. The first-order valence-corrected chi connectivity index (χ1v) is 15.4. The summed E-state index contributed by atoms with van der Waals surface area (Å²) in [6.45, 7) is 5.39. The number of cyclic esters (lactones) is 1. The summed E-state index contributed by atoms with van der Waals surface area (Å²) in [5, 5.41) is 25.1. The van der Waals surface area contributed by atoms with Crippen molar-refractivity contribution in [3.05, 3.63) is 0 Å². The van der Waals surface area contributed by atoms with Crippen LogP contribution in [-0.4, -0.2) is 83.7 Å². The lowest BCUT2D eigenvalue weighted by Gasteiger charge is -2.65. The van der Waals surface area contributed by atoms with E-state index in [9.17, 15) is 15.0 Å². The lowest BCUT2D eigenvalue weighted by atomic mass is 9.42. The Balaban J connectivity index is 1.02. The Morgan fingerprint density at radius 1 is 0.949 bits per heavy atom. The molecular formula is C30H44O9. The van der Waals surface area contributed by atoms with Gasteiger partial charge >= 0.3 is 5.97 Å². The Hall–Kier alpha value is -0.810. The molecule has 4 aliphatic heterocycles. The number of carbonyl (C=O) groups excluding carboxylic acids is 1. The number of ether oxygens (including phenoxy) is 6. The normalized spacial score (nSPS) is 59.8. The second-order valence-electron chi connectivity index (χ2n) is 14.6. The van der Waals surface area contributed by atoms with Crippen molar-refractivity contribution >= 4 is 5.97 Å². The molecule has 0 bridgehead atoms. The molecule has 9 nitrogen and oxygen atoms in total. The van der Waals surface area contributed by atoms with Crippen LogP contribution in [0.1, 0.15) is 84.5 Å². The van der Waals surface area contributed by atoms with Gasteiger partial charge < -0.3 is 38.6 Å². The third kappa shape index (κ3) is 3.30. The van der Waals surface area contributed by atoms with Crippen molar-refractivity contribution in [2.45, 2.75) is 132 Å². The van der Waals surface area contributed by atoms with Crippen LogP contribution in [0, 0.1) is 28.6 Å². The SMILES string of the molecule is CC1CC2OCOC2C(OC2CCC3(O)C4CCC56COC7(COC(=O)C7)C5CCC6(O)C4CCC3(C)C2)O1. The summed E-state index contributed by atoms with van der Waals surface area (Å²) in [5.41, 5.74) is -2.93. The van der Waals surface area contributed by atoms with Gasteiger partial charge in [0.1, 0.15) is 25.1 Å². The first-order valence-electron chi connectivity index (χ1n) is 15.4. The maximum absolute atomic E-state index is 12.6. The molecule has 8 aliphatic rings. The molecule has 4 saturated heterocycles. The monoisotopic (exact) mass is 548 g/mol. The Bertz CT molecular complexity index is 1040. The summed E-state index contributed by atoms with van der Waals surface area (Å²) in [6, 6.07) is 0. The summed E-state index contributed by atoms with van der Waals surface area (Å²) in [6.07, 6.45) is 7.79. The van der Waals surface area contributed by atoms with E-state index in [1.807, 2.05) is 0 Å². The Morgan fingerprint density at radius 3 is 2.56 bits per heavy atom. The van der Waals surface area contributed by atoms with Crippen molar-refractivity contribution < 1.29 is 43.4 Å². The van der Waals surface area contributed by atoms with Gasteiger partial charge in [0.05, 0.1) is 42.5 Å². The fraction of sp³-hybridized carbons (Fsp3) is 0.967. The lowest BCUT2D eigenvalue weighted by Crippen LogP contribution is -2.69. The molecule has 2 spiro atoms. The van der Waals surface area contributed by atoms with Crippen LogP contribution >= 0.6 is 0 Å². The number of fused-ring (bicyclic) bond motifs is 6. The second kappa shape index (κ2) is 8.39. The van der Waals surface area contributed by atoms with Crippen molar-refractivity contribution in [2.24, 2.45) is 28.6 Å². The molecule has 0 aromatic rings. The molecule has 0 aromatic carbocycles. The summed E-state index contributed by atoms with van der Waals surface area (Å²) < 4.78 is 36.1. The summed E-state index contributed by atoms with van der Waals surface area (Å²) in [5.74, 6) is 0.0360. The van der Waals surface area contributed by atoms with E-state index in [2.05, 4.69) is 13.8 Å². The predicted molar refractivity (Wildman–Crippen MR) is 135 cm³/mol. The Labute approximate surface area is 230 Å². The molecule has 4 heterocycles. The minimum absolute atomic E-state index is 0.0103. The number of hydrogen-bond donors (Lipinski definition) is 2. The lowest BCUT2D eigenvalue weighted by molar-refractivity contribution is -0.294. The minimum Gasteiger partial charge on any atom is -0.462 e. The standard InChI is InChI=1S/C30H44O9/c1-17-11-21-24(36-16-35-21)25(38-17)39-18-3-9-29(32)19-5-8-27-14-37-28(13-23(31)34-15-28)22(27)6-10-30(27,33)20(19)4-7-26(29,2)12-18/h17-22,24-25,32-33H,3-16H2,1-2H3. The molecule has 4 saturated carbocycles. The van der Waals surface area contributed by atoms with Gasteiger partial charge in [-0.05, 0) is 82.0 Å². The highest BCUT2D eigenvalue weighted by Crippen LogP contribution is 2.73. The number of esters is 1.